The third-order valence-corrected chi connectivity index (χ3v) is 6.06. The molecule has 1 aromatic carbocycles. The number of amides is 1. The van der Waals surface area contributed by atoms with Crippen LogP contribution in [0.2, 0.25) is 0 Å². The van der Waals surface area contributed by atoms with Crippen LogP contribution in [0, 0.1) is 6.92 Å². The molecule has 0 aliphatic rings. The van der Waals surface area contributed by atoms with Crippen LogP contribution in [0.1, 0.15) is 32.3 Å². The molecule has 28 heavy (non-hydrogen) atoms. The number of furan rings is 1. The van der Waals surface area contributed by atoms with Crippen molar-refractivity contribution in [3.8, 4) is 5.75 Å². The van der Waals surface area contributed by atoms with Crippen molar-refractivity contribution < 1.29 is 22.4 Å². The van der Waals surface area contributed by atoms with Gasteiger partial charge in [0.05, 0.1) is 17.2 Å². The van der Waals surface area contributed by atoms with Crippen molar-refractivity contribution >= 4 is 27.7 Å². The molecule has 0 saturated heterocycles. The van der Waals surface area contributed by atoms with E-state index in [9.17, 15) is 13.2 Å². The van der Waals surface area contributed by atoms with E-state index in [1.54, 1.807) is 38.1 Å². The van der Waals surface area contributed by atoms with Gasteiger partial charge in [-0.1, -0.05) is 13.8 Å². The highest BCUT2D eigenvalue weighted by Gasteiger charge is 2.23. The molecular formula is C20H26N2O5S. The smallest absolute Gasteiger partial charge is 0.248 e. The monoisotopic (exact) mass is 406 g/mol. The van der Waals surface area contributed by atoms with Crippen LogP contribution >= 0.6 is 0 Å². The van der Waals surface area contributed by atoms with Gasteiger partial charge in [0.15, 0.2) is 0 Å². The van der Waals surface area contributed by atoms with Gasteiger partial charge < -0.3 is 14.5 Å². The molecule has 2 rings (SSSR count). The Morgan fingerprint density at radius 1 is 1.18 bits per heavy atom. The highest BCUT2D eigenvalue weighted by molar-refractivity contribution is 7.89. The van der Waals surface area contributed by atoms with E-state index >= 15 is 0 Å². The number of sulfonamides is 1. The summed E-state index contributed by atoms with van der Waals surface area (Å²) in [5.74, 6) is 1.27. The summed E-state index contributed by atoms with van der Waals surface area (Å²) in [5, 5.41) is 2.68. The van der Waals surface area contributed by atoms with Crippen LogP contribution in [0.3, 0.4) is 0 Å². The van der Waals surface area contributed by atoms with Gasteiger partial charge in [0.2, 0.25) is 15.9 Å². The maximum atomic E-state index is 12.8. The Kier molecular flexibility index (Phi) is 7.42. The van der Waals surface area contributed by atoms with Crippen molar-refractivity contribution in [1.82, 2.24) is 4.31 Å². The zero-order chi connectivity index (χ0) is 20.7. The van der Waals surface area contributed by atoms with Crippen molar-refractivity contribution in [3.63, 3.8) is 0 Å². The molecule has 8 heteroatoms. The lowest BCUT2D eigenvalue weighted by molar-refractivity contribution is -0.111. The van der Waals surface area contributed by atoms with Crippen LogP contribution in [0.15, 0.2) is 45.7 Å². The van der Waals surface area contributed by atoms with Gasteiger partial charge in [0, 0.05) is 19.2 Å². The number of anilines is 1. The molecule has 0 fully saturated rings. The van der Waals surface area contributed by atoms with E-state index in [1.807, 2.05) is 13.8 Å². The summed E-state index contributed by atoms with van der Waals surface area (Å²) in [7, 11) is -3.65. The maximum Gasteiger partial charge on any atom is 0.248 e. The second-order valence-electron chi connectivity index (χ2n) is 5.95. The Bertz CT molecular complexity index is 943. The molecule has 152 valence electrons. The fourth-order valence-electron chi connectivity index (χ4n) is 2.64. The highest BCUT2D eigenvalue weighted by Crippen LogP contribution is 2.29. The van der Waals surface area contributed by atoms with Crippen LogP contribution in [0.25, 0.3) is 6.08 Å². The Hall–Kier alpha value is -2.58. The van der Waals surface area contributed by atoms with Crippen molar-refractivity contribution in [1.29, 1.82) is 0 Å². The topological polar surface area (TPSA) is 88.9 Å². The standard InChI is InChI=1S/C20H26N2O5S/c1-5-22(6-2)28(24,25)17-11-12-19(26-7-3)18(14-17)21-20(23)13-10-16-9-8-15(4)27-16/h8-14H,5-7H2,1-4H3,(H,21,23)/b13-10+. The van der Waals surface area contributed by atoms with Gasteiger partial charge in [0.25, 0.3) is 0 Å². The summed E-state index contributed by atoms with van der Waals surface area (Å²) in [6.45, 7) is 8.28. The number of hydrogen-bond acceptors (Lipinski definition) is 5. The minimum absolute atomic E-state index is 0.0978. The molecule has 0 aliphatic carbocycles. The van der Waals surface area contributed by atoms with Gasteiger partial charge in [-0.2, -0.15) is 4.31 Å². The maximum absolute atomic E-state index is 12.8. The third-order valence-electron chi connectivity index (χ3n) is 4.01. The first kappa shape index (κ1) is 21.7. The van der Waals surface area contributed by atoms with E-state index in [2.05, 4.69) is 5.32 Å². The van der Waals surface area contributed by atoms with Gasteiger partial charge in [-0.25, -0.2) is 8.42 Å². The molecule has 1 heterocycles. The summed E-state index contributed by atoms with van der Waals surface area (Å²) in [6.07, 6.45) is 2.86. The quantitative estimate of drug-likeness (QED) is 0.642. The summed E-state index contributed by atoms with van der Waals surface area (Å²) in [4.78, 5) is 12.4. The molecule has 0 aliphatic heterocycles. The SMILES string of the molecule is CCOc1ccc(S(=O)(=O)N(CC)CC)cc1NC(=O)/C=C/c1ccc(C)o1. The first-order valence-corrected chi connectivity index (χ1v) is 10.6. The van der Waals surface area contributed by atoms with Gasteiger partial charge in [-0.3, -0.25) is 4.79 Å². The highest BCUT2D eigenvalue weighted by atomic mass is 32.2. The van der Waals surface area contributed by atoms with Gasteiger partial charge >= 0.3 is 0 Å². The lowest BCUT2D eigenvalue weighted by Crippen LogP contribution is -2.30. The van der Waals surface area contributed by atoms with E-state index in [4.69, 9.17) is 9.15 Å². The number of nitrogens with zero attached hydrogens (tertiary/aromatic N) is 1. The van der Waals surface area contributed by atoms with E-state index in [0.717, 1.165) is 5.76 Å². The van der Waals surface area contributed by atoms with E-state index < -0.39 is 15.9 Å². The van der Waals surface area contributed by atoms with Crippen LogP contribution < -0.4 is 10.1 Å². The van der Waals surface area contributed by atoms with Crippen molar-refractivity contribution in [2.24, 2.45) is 0 Å². The lowest BCUT2D eigenvalue weighted by Gasteiger charge is -2.19. The average Bonchev–Trinajstić information content (AvgIpc) is 3.07. The molecule has 0 unspecified atom stereocenters. The van der Waals surface area contributed by atoms with Crippen LogP contribution in [-0.4, -0.2) is 38.3 Å². The van der Waals surface area contributed by atoms with Crippen molar-refractivity contribution in [3.05, 3.63) is 47.9 Å². The molecule has 0 radical (unpaired) electrons. The second-order valence-corrected chi connectivity index (χ2v) is 7.89. The van der Waals surface area contributed by atoms with Crippen molar-refractivity contribution in [2.75, 3.05) is 25.0 Å². The number of carbonyl (C=O) groups excluding carboxylic acids is 1. The first-order chi connectivity index (χ1) is 13.3. The van der Waals surface area contributed by atoms with Gasteiger partial charge in [0.1, 0.15) is 17.3 Å². The molecule has 1 aromatic heterocycles. The molecule has 0 atom stereocenters. The van der Waals surface area contributed by atoms with Crippen LogP contribution in [0.4, 0.5) is 5.69 Å². The second kappa shape index (κ2) is 9.57. The summed E-state index contributed by atoms with van der Waals surface area (Å²) >= 11 is 0. The van der Waals surface area contributed by atoms with Gasteiger partial charge in [-0.05, 0) is 50.3 Å². The molecule has 2 aromatic rings. The predicted molar refractivity (Wildman–Crippen MR) is 109 cm³/mol. The number of ether oxygens (including phenoxy) is 1. The minimum Gasteiger partial charge on any atom is -0.492 e. The molecule has 7 nitrogen and oxygen atoms in total. The number of benzene rings is 1. The van der Waals surface area contributed by atoms with Crippen molar-refractivity contribution in [2.45, 2.75) is 32.6 Å². The number of hydrogen-bond donors (Lipinski definition) is 1. The van der Waals surface area contributed by atoms with E-state index in [1.165, 1.54) is 22.5 Å². The molecule has 1 amide bonds. The average molecular weight is 407 g/mol. The minimum atomic E-state index is -3.65. The lowest BCUT2D eigenvalue weighted by atomic mass is 10.3. The van der Waals surface area contributed by atoms with Crippen LogP contribution in [-0.2, 0) is 14.8 Å². The Morgan fingerprint density at radius 2 is 1.89 bits per heavy atom. The molecule has 0 spiro atoms. The third kappa shape index (κ3) is 5.24. The largest absolute Gasteiger partial charge is 0.492 e. The zero-order valence-corrected chi connectivity index (χ0v) is 17.4. The predicted octanol–water partition coefficient (Wildman–Crippen LogP) is 3.67. The molecule has 0 bridgehead atoms. The van der Waals surface area contributed by atoms with E-state index in [0.29, 0.717) is 36.9 Å². The Morgan fingerprint density at radius 3 is 2.46 bits per heavy atom. The number of nitrogens with one attached hydrogen (secondary N) is 1. The Labute approximate surface area is 166 Å². The number of aryl methyl sites for hydroxylation is 1. The number of carbonyl (C=O) groups is 1. The molecule has 0 saturated carbocycles. The Balaban J connectivity index is 2.30. The first-order valence-electron chi connectivity index (χ1n) is 9.14. The fraction of sp³-hybridized carbons (Fsp3) is 0.350. The van der Waals surface area contributed by atoms with Crippen LogP contribution in [0.5, 0.6) is 5.75 Å². The van der Waals surface area contributed by atoms with Gasteiger partial charge in [-0.15, -0.1) is 0 Å². The fourth-order valence-corrected chi connectivity index (χ4v) is 4.12. The summed E-state index contributed by atoms with van der Waals surface area (Å²) in [6, 6.07) is 8.00. The summed E-state index contributed by atoms with van der Waals surface area (Å²) in [5.41, 5.74) is 0.292. The normalized spacial score (nSPS) is 11.9. The molecule has 1 N–H and O–H groups in total. The van der Waals surface area contributed by atoms with E-state index in [-0.39, 0.29) is 4.90 Å². The zero-order valence-electron chi connectivity index (χ0n) is 16.6. The molecular weight excluding hydrogens is 380 g/mol. The summed E-state index contributed by atoms with van der Waals surface area (Å²) < 4.78 is 37.8. The number of rotatable bonds is 9.